The average molecular weight is 473 g/mol. The van der Waals surface area contributed by atoms with Crippen LogP contribution in [0.1, 0.15) is 73.9 Å². The van der Waals surface area contributed by atoms with E-state index in [9.17, 15) is 9.59 Å². The third-order valence-corrected chi connectivity index (χ3v) is 6.43. The van der Waals surface area contributed by atoms with Gasteiger partial charge in [0.05, 0.1) is 6.54 Å². The first-order valence-electron chi connectivity index (χ1n) is 12.5. The Kier molecular flexibility index (Phi) is 8.31. The molecule has 2 aliphatic heterocycles. The standard InChI is InChI=1S/C24H36N6O4/c1-18(2)15-19-16-20(26-33-19)24(32)30-13-11-28(12-14-30)17-21-25-22(34-27-21)7-8-23(31)29-9-5-3-4-6-10-29/h16,18H,3-15,17H2,1-2H3. The van der Waals surface area contributed by atoms with E-state index >= 15 is 0 Å². The van der Waals surface area contributed by atoms with E-state index in [4.69, 9.17) is 9.05 Å². The second-order valence-corrected chi connectivity index (χ2v) is 9.74. The van der Waals surface area contributed by atoms with Crippen molar-refractivity contribution in [3.8, 4) is 0 Å². The van der Waals surface area contributed by atoms with Crippen LogP contribution in [0.5, 0.6) is 0 Å². The van der Waals surface area contributed by atoms with Crippen molar-refractivity contribution >= 4 is 11.8 Å². The summed E-state index contributed by atoms with van der Waals surface area (Å²) in [5, 5.41) is 8.05. The van der Waals surface area contributed by atoms with Crippen LogP contribution < -0.4 is 0 Å². The van der Waals surface area contributed by atoms with Gasteiger partial charge in [0.1, 0.15) is 5.76 Å². The molecule has 0 aromatic carbocycles. The highest BCUT2D eigenvalue weighted by Gasteiger charge is 2.25. The molecule has 10 nitrogen and oxygen atoms in total. The molecule has 0 spiro atoms. The molecular weight excluding hydrogens is 436 g/mol. The van der Waals surface area contributed by atoms with Crippen molar-refractivity contribution in [1.29, 1.82) is 0 Å². The molecule has 0 saturated carbocycles. The minimum atomic E-state index is -0.0886. The van der Waals surface area contributed by atoms with Gasteiger partial charge in [-0.15, -0.1) is 0 Å². The fourth-order valence-electron chi connectivity index (χ4n) is 4.53. The predicted molar refractivity (Wildman–Crippen MR) is 124 cm³/mol. The maximum Gasteiger partial charge on any atom is 0.276 e. The molecule has 10 heteroatoms. The lowest BCUT2D eigenvalue weighted by atomic mass is 10.1. The maximum atomic E-state index is 12.7. The summed E-state index contributed by atoms with van der Waals surface area (Å²) in [6, 6.07) is 1.76. The Labute approximate surface area is 200 Å². The number of carbonyl (C=O) groups is 2. The molecule has 186 valence electrons. The van der Waals surface area contributed by atoms with E-state index in [1.165, 1.54) is 12.8 Å². The van der Waals surface area contributed by atoms with Crippen molar-refractivity contribution < 1.29 is 18.6 Å². The van der Waals surface area contributed by atoms with Crippen LogP contribution in [-0.4, -0.2) is 81.1 Å². The summed E-state index contributed by atoms with van der Waals surface area (Å²) in [4.78, 5) is 35.7. The third kappa shape index (κ3) is 6.65. The summed E-state index contributed by atoms with van der Waals surface area (Å²) in [6.45, 7) is 9.16. The fourth-order valence-corrected chi connectivity index (χ4v) is 4.53. The SMILES string of the molecule is CC(C)Cc1cc(C(=O)N2CCN(Cc3noc(CCC(=O)N4CCCCCC4)n3)CC2)no1. The average Bonchev–Trinajstić information content (AvgIpc) is 3.38. The van der Waals surface area contributed by atoms with Gasteiger partial charge in [-0.2, -0.15) is 4.98 Å². The van der Waals surface area contributed by atoms with Gasteiger partial charge in [-0.1, -0.05) is 37.0 Å². The van der Waals surface area contributed by atoms with Crippen molar-refractivity contribution in [2.45, 2.75) is 65.3 Å². The van der Waals surface area contributed by atoms with E-state index in [1.807, 2.05) is 9.80 Å². The zero-order valence-corrected chi connectivity index (χ0v) is 20.4. The van der Waals surface area contributed by atoms with Gasteiger partial charge in [0.2, 0.25) is 11.8 Å². The molecule has 2 saturated heterocycles. The summed E-state index contributed by atoms with van der Waals surface area (Å²) in [5.41, 5.74) is 0.377. The quantitative estimate of drug-likeness (QED) is 0.577. The topological polar surface area (TPSA) is 109 Å². The molecule has 4 heterocycles. The first-order chi connectivity index (χ1) is 16.5. The van der Waals surface area contributed by atoms with Gasteiger partial charge in [-0.25, -0.2) is 0 Å². The zero-order chi connectivity index (χ0) is 23.9. The summed E-state index contributed by atoms with van der Waals surface area (Å²) in [7, 11) is 0. The van der Waals surface area contributed by atoms with Crippen LogP contribution in [0.2, 0.25) is 0 Å². The Hall–Kier alpha value is -2.75. The van der Waals surface area contributed by atoms with Crippen LogP contribution in [0.15, 0.2) is 15.1 Å². The lowest BCUT2D eigenvalue weighted by molar-refractivity contribution is -0.131. The van der Waals surface area contributed by atoms with Crippen molar-refractivity contribution in [3.05, 3.63) is 29.2 Å². The van der Waals surface area contributed by atoms with Gasteiger partial charge < -0.3 is 18.8 Å². The summed E-state index contributed by atoms with van der Waals surface area (Å²) in [6.07, 6.45) is 6.25. The molecule has 0 N–H and O–H groups in total. The molecule has 0 radical (unpaired) electrons. The molecule has 34 heavy (non-hydrogen) atoms. The van der Waals surface area contributed by atoms with E-state index in [0.717, 1.165) is 51.2 Å². The van der Waals surface area contributed by atoms with Gasteiger partial charge in [-0.3, -0.25) is 14.5 Å². The van der Waals surface area contributed by atoms with E-state index < -0.39 is 0 Å². The number of likely N-dealkylation sites (tertiary alicyclic amines) is 1. The van der Waals surface area contributed by atoms with Crippen molar-refractivity contribution in [3.63, 3.8) is 0 Å². The largest absolute Gasteiger partial charge is 0.361 e. The summed E-state index contributed by atoms with van der Waals surface area (Å²) in [5.74, 6) is 2.41. The van der Waals surface area contributed by atoms with E-state index in [1.54, 1.807) is 6.07 Å². The van der Waals surface area contributed by atoms with Gasteiger partial charge in [0, 0.05) is 64.6 Å². The molecule has 4 rings (SSSR count). The smallest absolute Gasteiger partial charge is 0.276 e. The van der Waals surface area contributed by atoms with E-state index in [2.05, 4.69) is 34.0 Å². The van der Waals surface area contributed by atoms with Crippen molar-refractivity contribution in [2.75, 3.05) is 39.3 Å². The van der Waals surface area contributed by atoms with Gasteiger partial charge in [-0.05, 0) is 18.8 Å². The number of nitrogens with zero attached hydrogens (tertiary/aromatic N) is 6. The van der Waals surface area contributed by atoms with Crippen LogP contribution in [0.3, 0.4) is 0 Å². The number of rotatable bonds is 8. The molecule has 0 atom stereocenters. The fraction of sp³-hybridized carbons (Fsp3) is 0.708. The minimum absolute atomic E-state index is 0.0886. The molecular formula is C24H36N6O4. The number of hydrogen-bond acceptors (Lipinski definition) is 8. The second kappa shape index (κ2) is 11.6. The third-order valence-electron chi connectivity index (χ3n) is 6.43. The molecule has 2 aromatic rings. The summed E-state index contributed by atoms with van der Waals surface area (Å²) < 4.78 is 10.7. The second-order valence-electron chi connectivity index (χ2n) is 9.74. The van der Waals surface area contributed by atoms with Crippen LogP contribution in [0.4, 0.5) is 0 Å². The highest BCUT2D eigenvalue weighted by molar-refractivity contribution is 5.92. The molecule has 2 aliphatic rings. The number of carbonyl (C=O) groups excluding carboxylic acids is 2. The Morgan fingerprint density at radius 1 is 0.941 bits per heavy atom. The number of aryl methyl sites for hydroxylation is 1. The highest BCUT2D eigenvalue weighted by Crippen LogP contribution is 2.15. The van der Waals surface area contributed by atoms with Crippen LogP contribution in [0, 0.1) is 5.92 Å². The number of amides is 2. The van der Waals surface area contributed by atoms with Gasteiger partial charge in [0.15, 0.2) is 11.5 Å². The minimum Gasteiger partial charge on any atom is -0.361 e. The van der Waals surface area contributed by atoms with Gasteiger partial charge >= 0.3 is 0 Å². The Bertz CT molecular complexity index is 939. The molecule has 0 aliphatic carbocycles. The first kappa shape index (κ1) is 24.4. The number of hydrogen-bond donors (Lipinski definition) is 0. The van der Waals surface area contributed by atoms with Crippen LogP contribution in [0.25, 0.3) is 0 Å². The Balaban J connectivity index is 1.20. The Morgan fingerprint density at radius 3 is 2.38 bits per heavy atom. The van der Waals surface area contributed by atoms with Crippen LogP contribution in [-0.2, 0) is 24.2 Å². The normalized spacial score (nSPS) is 17.9. The highest BCUT2D eigenvalue weighted by atomic mass is 16.5. The first-order valence-corrected chi connectivity index (χ1v) is 12.5. The Morgan fingerprint density at radius 2 is 1.68 bits per heavy atom. The summed E-state index contributed by atoms with van der Waals surface area (Å²) >= 11 is 0. The van der Waals surface area contributed by atoms with Crippen LogP contribution >= 0.6 is 0 Å². The molecule has 2 aromatic heterocycles. The number of aromatic nitrogens is 3. The lowest BCUT2D eigenvalue weighted by Crippen LogP contribution is -2.48. The molecule has 2 amide bonds. The van der Waals surface area contributed by atoms with Gasteiger partial charge in [0.25, 0.3) is 5.91 Å². The maximum absolute atomic E-state index is 12.7. The van der Waals surface area contributed by atoms with Crippen molar-refractivity contribution in [1.82, 2.24) is 30.0 Å². The molecule has 0 bridgehead atoms. The monoisotopic (exact) mass is 472 g/mol. The lowest BCUT2D eigenvalue weighted by Gasteiger charge is -2.33. The van der Waals surface area contributed by atoms with E-state index in [0.29, 0.717) is 55.8 Å². The molecule has 2 fully saturated rings. The predicted octanol–water partition coefficient (Wildman–Crippen LogP) is 2.55. The van der Waals surface area contributed by atoms with E-state index in [-0.39, 0.29) is 11.8 Å². The number of piperazine rings is 1. The zero-order valence-electron chi connectivity index (χ0n) is 20.4. The van der Waals surface area contributed by atoms with Crippen molar-refractivity contribution in [2.24, 2.45) is 5.92 Å². The molecule has 0 unspecified atom stereocenters.